The maximum absolute atomic E-state index is 2.42. The Bertz CT molecular complexity index is 3170. The van der Waals surface area contributed by atoms with Crippen LogP contribution in [0.15, 0.2) is 212 Å². The third-order valence-corrected chi connectivity index (χ3v) is 11.1. The Balaban J connectivity index is 0.987. The van der Waals surface area contributed by atoms with Crippen molar-refractivity contribution in [2.75, 3.05) is 4.90 Å². The molecule has 2 aromatic heterocycles. The maximum atomic E-state index is 2.42. The van der Waals surface area contributed by atoms with Crippen molar-refractivity contribution in [3.05, 3.63) is 212 Å². The number of hydrogen-bond acceptors (Lipinski definition) is 1. The summed E-state index contributed by atoms with van der Waals surface area (Å²) in [7, 11) is 0. The number of hydrogen-bond donors (Lipinski definition) is 0. The Hall–Kier alpha value is -7.36. The van der Waals surface area contributed by atoms with Gasteiger partial charge in [-0.05, 0) is 95.4 Å². The molecule has 0 fully saturated rings. The van der Waals surface area contributed by atoms with Gasteiger partial charge in [-0.3, -0.25) is 0 Å². The smallest absolute Gasteiger partial charge is 0.0619 e. The van der Waals surface area contributed by atoms with Gasteiger partial charge in [0.15, 0.2) is 0 Å². The zero-order valence-corrected chi connectivity index (χ0v) is 30.0. The number of benzene rings is 9. The van der Waals surface area contributed by atoms with Crippen LogP contribution >= 0.6 is 0 Å². The quantitative estimate of drug-likeness (QED) is 0.168. The van der Waals surface area contributed by atoms with Gasteiger partial charge in [0.2, 0.25) is 0 Å². The van der Waals surface area contributed by atoms with E-state index in [-0.39, 0.29) is 0 Å². The van der Waals surface area contributed by atoms with E-state index < -0.39 is 0 Å². The molecule has 0 atom stereocenters. The first-order chi connectivity index (χ1) is 27.3. The summed E-state index contributed by atoms with van der Waals surface area (Å²) in [5.41, 5.74) is 12.9. The molecule has 0 aliphatic carbocycles. The molecule has 0 amide bonds. The molecule has 0 aliphatic rings. The zero-order chi connectivity index (χ0) is 36.3. The Morgan fingerprint density at radius 3 is 1.53 bits per heavy atom. The predicted molar refractivity (Wildman–Crippen MR) is 233 cm³/mol. The normalized spacial score (nSPS) is 11.6. The second-order valence-corrected chi connectivity index (χ2v) is 14.2. The summed E-state index contributed by atoms with van der Waals surface area (Å²) in [6, 6.07) is 76.8. The Morgan fingerprint density at radius 1 is 0.291 bits per heavy atom. The van der Waals surface area contributed by atoms with Crippen LogP contribution in [0.5, 0.6) is 0 Å². The highest BCUT2D eigenvalue weighted by atomic mass is 15.1. The first-order valence-corrected chi connectivity index (χ1v) is 18.9. The fraction of sp³-hybridized carbons (Fsp3) is 0. The van der Waals surface area contributed by atoms with Crippen LogP contribution in [-0.4, -0.2) is 9.13 Å². The molecule has 3 heteroatoms. The summed E-state index contributed by atoms with van der Waals surface area (Å²) in [5, 5.41) is 7.53. The van der Waals surface area contributed by atoms with Crippen LogP contribution in [0.2, 0.25) is 0 Å². The van der Waals surface area contributed by atoms with Crippen LogP contribution in [-0.2, 0) is 0 Å². The Kier molecular flexibility index (Phi) is 7.17. The molecule has 11 rings (SSSR count). The molecule has 258 valence electrons. The van der Waals surface area contributed by atoms with Crippen molar-refractivity contribution >= 4 is 71.4 Å². The summed E-state index contributed by atoms with van der Waals surface area (Å²) in [4.78, 5) is 2.35. The van der Waals surface area contributed by atoms with Crippen molar-refractivity contribution < 1.29 is 0 Å². The van der Waals surface area contributed by atoms with Gasteiger partial charge in [0.05, 0.1) is 22.1 Å². The van der Waals surface area contributed by atoms with Crippen molar-refractivity contribution in [3.8, 4) is 22.5 Å². The van der Waals surface area contributed by atoms with Crippen LogP contribution in [0.3, 0.4) is 0 Å². The molecule has 11 aromatic rings. The highest BCUT2D eigenvalue weighted by Crippen LogP contribution is 2.41. The van der Waals surface area contributed by atoms with E-state index in [1.165, 1.54) is 65.5 Å². The first kappa shape index (κ1) is 31.2. The minimum atomic E-state index is 1.11. The van der Waals surface area contributed by atoms with E-state index >= 15 is 0 Å². The maximum Gasteiger partial charge on any atom is 0.0619 e. The van der Waals surface area contributed by atoms with Gasteiger partial charge >= 0.3 is 0 Å². The highest BCUT2D eigenvalue weighted by Gasteiger charge is 2.18. The number of para-hydroxylation sites is 4. The third kappa shape index (κ3) is 5.05. The van der Waals surface area contributed by atoms with Gasteiger partial charge in [0.25, 0.3) is 0 Å². The molecule has 0 unspecified atom stereocenters. The molecule has 3 nitrogen and oxygen atoms in total. The van der Waals surface area contributed by atoms with Crippen molar-refractivity contribution in [3.63, 3.8) is 0 Å². The lowest BCUT2D eigenvalue weighted by molar-refractivity contribution is 1.18. The van der Waals surface area contributed by atoms with Crippen molar-refractivity contribution in [2.24, 2.45) is 0 Å². The van der Waals surface area contributed by atoms with E-state index in [1.54, 1.807) is 0 Å². The molecular formula is C52H35N3. The van der Waals surface area contributed by atoms with Crippen molar-refractivity contribution in [1.29, 1.82) is 0 Å². The number of nitrogens with zero attached hydrogens (tertiary/aromatic N) is 3. The van der Waals surface area contributed by atoms with Gasteiger partial charge in [0, 0.05) is 55.4 Å². The van der Waals surface area contributed by atoms with Gasteiger partial charge in [-0.1, -0.05) is 133 Å². The lowest BCUT2D eigenvalue weighted by Crippen LogP contribution is -2.09. The third-order valence-electron chi connectivity index (χ3n) is 11.1. The van der Waals surface area contributed by atoms with Crippen molar-refractivity contribution in [2.45, 2.75) is 0 Å². The van der Waals surface area contributed by atoms with Gasteiger partial charge < -0.3 is 14.0 Å². The molecule has 55 heavy (non-hydrogen) atoms. The monoisotopic (exact) mass is 701 g/mol. The summed E-state index contributed by atoms with van der Waals surface area (Å²) >= 11 is 0. The standard InChI is InChI=1S/C52H35N3/c1-3-14-39(15-4-1)53(43-32-34-51-48(35-43)46-20-10-11-21-49(46)54(51)40-16-5-2-6-17-40)41-28-23-36(24-29-41)37-25-30-42(31-26-37)55-50-22-12-9-19-45(50)47-33-27-38-13-7-8-18-44(38)52(47)55/h1-35H. The lowest BCUT2D eigenvalue weighted by atomic mass is 10.0. The van der Waals surface area contributed by atoms with Gasteiger partial charge in [0.1, 0.15) is 0 Å². The Labute approximate surface area is 319 Å². The molecule has 0 saturated heterocycles. The molecule has 0 saturated carbocycles. The number of fused-ring (bicyclic) bond motifs is 8. The number of rotatable bonds is 6. The molecule has 0 aliphatic heterocycles. The lowest BCUT2D eigenvalue weighted by Gasteiger charge is -2.26. The van der Waals surface area contributed by atoms with Crippen molar-refractivity contribution in [1.82, 2.24) is 9.13 Å². The van der Waals surface area contributed by atoms with E-state index in [0.29, 0.717) is 0 Å². The van der Waals surface area contributed by atoms with Gasteiger partial charge in [-0.25, -0.2) is 0 Å². The summed E-state index contributed by atoms with van der Waals surface area (Å²) in [5.74, 6) is 0. The summed E-state index contributed by atoms with van der Waals surface area (Å²) in [6.07, 6.45) is 0. The number of aromatic nitrogens is 2. The van der Waals surface area contributed by atoms with Crippen LogP contribution in [0.4, 0.5) is 17.1 Å². The molecule has 0 bridgehead atoms. The van der Waals surface area contributed by atoms with E-state index in [2.05, 4.69) is 226 Å². The summed E-state index contributed by atoms with van der Waals surface area (Å²) in [6.45, 7) is 0. The topological polar surface area (TPSA) is 13.1 Å². The molecule has 2 heterocycles. The minimum Gasteiger partial charge on any atom is -0.310 e. The second-order valence-electron chi connectivity index (χ2n) is 14.2. The second kappa shape index (κ2) is 12.6. The minimum absolute atomic E-state index is 1.11. The van der Waals surface area contributed by atoms with Crippen LogP contribution in [0.25, 0.3) is 76.9 Å². The molecule has 9 aromatic carbocycles. The Morgan fingerprint density at radius 2 is 0.800 bits per heavy atom. The average molecular weight is 702 g/mol. The van der Waals surface area contributed by atoms with Crippen LogP contribution < -0.4 is 4.90 Å². The van der Waals surface area contributed by atoms with Gasteiger partial charge in [-0.15, -0.1) is 0 Å². The van der Waals surface area contributed by atoms with E-state index in [4.69, 9.17) is 0 Å². The summed E-state index contributed by atoms with van der Waals surface area (Å²) < 4.78 is 4.79. The zero-order valence-electron chi connectivity index (χ0n) is 30.0. The fourth-order valence-corrected chi connectivity index (χ4v) is 8.58. The van der Waals surface area contributed by atoms with E-state index in [1.807, 2.05) is 0 Å². The van der Waals surface area contributed by atoms with Gasteiger partial charge in [-0.2, -0.15) is 0 Å². The molecule has 0 radical (unpaired) electrons. The van der Waals surface area contributed by atoms with Crippen LogP contribution in [0.1, 0.15) is 0 Å². The SMILES string of the molecule is c1ccc(N(c2ccc(-c3ccc(-n4c5ccccc5c5ccc6ccccc6c54)cc3)cc2)c2ccc3c(c2)c2ccccc2n3-c2ccccc2)cc1. The molecular weight excluding hydrogens is 667 g/mol. The largest absolute Gasteiger partial charge is 0.310 e. The fourth-order valence-electron chi connectivity index (χ4n) is 8.58. The van der Waals surface area contributed by atoms with Crippen LogP contribution in [0, 0.1) is 0 Å². The average Bonchev–Trinajstić information content (AvgIpc) is 3.78. The molecule has 0 N–H and O–H groups in total. The number of anilines is 3. The first-order valence-electron chi connectivity index (χ1n) is 18.9. The van der Waals surface area contributed by atoms with E-state index in [9.17, 15) is 0 Å². The highest BCUT2D eigenvalue weighted by molar-refractivity contribution is 6.18. The predicted octanol–water partition coefficient (Wildman–Crippen LogP) is 14.2. The van der Waals surface area contributed by atoms with E-state index in [0.717, 1.165) is 28.4 Å². The molecule has 0 spiro atoms.